The Labute approximate surface area is 132 Å². The molecule has 0 aliphatic rings. The van der Waals surface area contributed by atoms with Gasteiger partial charge in [-0.3, -0.25) is 4.79 Å². The van der Waals surface area contributed by atoms with Crippen molar-refractivity contribution in [1.29, 1.82) is 0 Å². The first-order valence-corrected chi connectivity index (χ1v) is 7.07. The van der Waals surface area contributed by atoms with Gasteiger partial charge in [0, 0.05) is 17.3 Å². The molecule has 0 radical (unpaired) electrons. The average molecular weight is 325 g/mol. The third kappa shape index (κ3) is 4.31. The predicted octanol–water partition coefficient (Wildman–Crippen LogP) is 3.86. The van der Waals surface area contributed by atoms with Gasteiger partial charge in [0.25, 0.3) is 5.91 Å². The molecule has 2 aromatic rings. The smallest absolute Gasteiger partial charge is 0.274 e. The Morgan fingerprint density at radius 2 is 2.00 bits per heavy atom. The van der Waals surface area contributed by atoms with Gasteiger partial charge in [0.05, 0.1) is 10.7 Å². The van der Waals surface area contributed by atoms with Crippen LogP contribution in [0.2, 0.25) is 10.0 Å². The topological polar surface area (TPSA) is 66.9 Å². The van der Waals surface area contributed by atoms with E-state index in [1.54, 1.807) is 18.2 Å². The molecular formula is C14H14Cl2N4O. The molecule has 0 aliphatic carbocycles. The predicted molar refractivity (Wildman–Crippen MR) is 85.2 cm³/mol. The van der Waals surface area contributed by atoms with Crippen molar-refractivity contribution >= 4 is 40.7 Å². The maximum atomic E-state index is 12.2. The minimum atomic E-state index is -0.381. The fourth-order valence-electron chi connectivity index (χ4n) is 1.59. The largest absolute Gasteiger partial charge is 0.352 e. The molecule has 2 rings (SSSR count). The van der Waals surface area contributed by atoms with Crippen molar-refractivity contribution in [3.05, 3.63) is 46.2 Å². The third-order valence-electron chi connectivity index (χ3n) is 2.48. The van der Waals surface area contributed by atoms with Crippen LogP contribution in [0.1, 0.15) is 24.3 Å². The van der Waals surface area contributed by atoms with E-state index in [0.717, 1.165) is 0 Å². The summed E-state index contributed by atoms with van der Waals surface area (Å²) in [4.78, 5) is 20.4. The number of carbonyl (C=O) groups is 1. The first kappa shape index (κ1) is 15.5. The number of hydrogen-bond acceptors (Lipinski definition) is 4. The highest BCUT2D eigenvalue weighted by atomic mass is 35.5. The summed E-state index contributed by atoms with van der Waals surface area (Å²) in [7, 11) is 0. The number of anilines is 2. The van der Waals surface area contributed by atoms with Crippen LogP contribution in [0.5, 0.6) is 0 Å². The van der Waals surface area contributed by atoms with Crippen LogP contribution in [0.4, 0.5) is 11.6 Å². The summed E-state index contributed by atoms with van der Waals surface area (Å²) in [5.74, 6) is 0.0169. The van der Waals surface area contributed by atoms with Crippen molar-refractivity contribution < 1.29 is 4.79 Å². The van der Waals surface area contributed by atoms with Crippen LogP contribution in [0, 0.1) is 0 Å². The van der Waals surface area contributed by atoms with E-state index < -0.39 is 0 Å². The number of hydrogen-bond donors (Lipinski definition) is 2. The normalized spacial score (nSPS) is 10.5. The van der Waals surface area contributed by atoms with Crippen LogP contribution < -0.4 is 10.6 Å². The van der Waals surface area contributed by atoms with E-state index in [9.17, 15) is 4.79 Å². The van der Waals surface area contributed by atoms with Gasteiger partial charge in [0.15, 0.2) is 0 Å². The molecule has 0 spiro atoms. The van der Waals surface area contributed by atoms with Gasteiger partial charge in [-0.1, -0.05) is 23.2 Å². The molecule has 0 atom stereocenters. The Bertz CT molecular complexity index is 661. The summed E-state index contributed by atoms with van der Waals surface area (Å²) in [6.45, 7) is 3.92. The Kier molecular flexibility index (Phi) is 4.98. The minimum Gasteiger partial charge on any atom is -0.352 e. The van der Waals surface area contributed by atoms with Crippen LogP contribution in [0.15, 0.2) is 30.5 Å². The van der Waals surface area contributed by atoms with Crippen LogP contribution in [0.3, 0.4) is 0 Å². The Morgan fingerprint density at radius 1 is 1.24 bits per heavy atom. The SMILES string of the molecule is CC(C)Nc1nccc(C(=O)Nc2cc(Cl)ccc2Cl)n1. The molecule has 1 aromatic heterocycles. The number of carbonyl (C=O) groups excluding carboxylic acids is 1. The molecule has 1 amide bonds. The highest BCUT2D eigenvalue weighted by molar-refractivity contribution is 6.35. The maximum Gasteiger partial charge on any atom is 0.274 e. The highest BCUT2D eigenvalue weighted by Crippen LogP contribution is 2.25. The molecule has 0 aliphatic heterocycles. The number of nitrogens with zero attached hydrogens (tertiary/aromatic N) is 2. The monoisotopic (exact) mass is 324 g/mol. The second-order valence-electron chi connectivity index (χ2n) is 4.64. The number of aromatic nitrogens is 2. The van der Waals surface area contributed by atoms with Crippen LogP contribution >= 0.6 is 23.2 Å². The number of nitrogens with one attached hydrogen (secondary N) is 2. The molecule has 0 saturated heterocycles. The summed E-state index contributed by atoms with van der Waals surface area (Å²) < 4.78 is 0. The fraction of sp³-hybridized carbons (Fsp3) is 0.214. The number of amides is 1. The molecule has 0 fully saturated rings. The lowest BCUT2D eigenvalue weighted by molar-refractivity contribution is 0.102. The molecule has 5 nitrogen and oxygen atoms in total. The molecule has 0 saturated carbocycles. The van der Waals surface area contributed by atoms with Gasteiger partial charge >= 0.3 is 0 Å². The quantitative estimate of drug-likeness (QED) is 0.896. The lowest BCUT2D eigenvalue weighted by Crippen LogP contribution is -2.17. The van der Waals surface area contributed by atoms with Crippen molar-refractivity contribution in [3.8, 4) is 0 Å². The first-order chi connectivity index (χ1) is 9.95. The van der Waals surface area contributed by atoms with E-state index in [-0.39, 0.29) is 17.6 Å². The lowest BCUT2D eigenvalue weighted by Gasteiger charge is -2.10. The maximum absolute atomic E-state index is 12.2. The van der Waals surface area contributed by atoms with E-state index in [0.29, 0.717) is 21.7 Å². The molecular weight excluding hydrogens is 311 g/mol. The average Bonchev–Trinajstić information content (AvgIpc) is 2.42. The summed E-state index contributed by atoms with van der Waals surface area (Å²) in [5, 5.41) is 6.60. The van der Waals surface area contributed by atoms with E-state index >= 15 is 0 Å². The molecule has 21 heavy (non-hydrogen) atoms. The van der Waals surface area contributed by atoms with Gasteiger partial charge in [-0.25, -0.2) is 9.97 Å². The van der Waals surface area contributed by atoms with E-state index in [1.165, 1.54) is 12.3 Å². The lowest BCUT2D eigenvalue weighted by atomic mass is 10.3. The second-order valence-corrected chi connectivity index (χ2v) is 5.49. The number of rotatable bonds is 4. The Hall–Kier alpha value is -1.85. The third-order valence-corrected chi connectivity index (χ3v) is 3.05. The number of benzene rings is 1. The van der Waals surface area contributed by atoms with Gasteiger partial charge in [-0.2, -0.15) is 0 Å². The van der Waals surface area contributed by atoms with Crippen LogP contribution in [-0.4, -0.2) is 21.9 Å². The standard InChI is InChI=1S/C14H14Cl2N4O/c1-8(2)18-14-17-6-5-11(20-14)13(21)19-12-7-9(15)3-4-10(12)16/h3-8H,1-2H3,(H,19,21)(H,17,18,20). The molecule has 2 N–H and O–H groups in total. The van der Waals surface area contributed by atoms with Gasteiger partial charge in [0.2, 0.25) is 5.95 Å². The summed E-state index contributed by atoms with van der Waals surface area (Å²) in [6.07, 6.45) is 1.52. The molecule has 0 unspecified atom stereocenters. The van der Waals surface area contributed by atoms with Gasteiger partial charge < -0.3 is 10.6 Å². The summed E-state index contributed by atoms with van der Waals surface area (Å²) in [6, 6.07) is 6.54. The van der Waals surface area contributed by atoms with Crippen LogP contribution in [0.25, 0.3) is 0 Å². The van der Waals surface area contributed by atoms with E-state index in [4.69, 9.17) is 23.2 Å². The van der Waals surface area contributed by atoms with Gasteiger partial charge in [0.1, 0.15) is 5.69 Å². The van der Waals surface area contributed by atoms with Crippen LogP contribution in [-0.2, 0) is 0 Å². The summed E-state index contributed by atoms with van der Waals surface area (Å²) >= 11 is 11.9. The molecule has 0 bridgehead atoms. The fourth-order valence-corrected chi connectivity index (χ4v) is 1.93. The molecule has 1 heterocycles. The zero-order valence-corrected chi connectivity index (χ0v) is 13.0. The number of halogens is 2. The van der Waals surface area contributed by atoms with Gasteiger partial charge in [-0.05, 0) is 38.1 Å². The molecule has 7 heteroatoms. The highest BCUT2D eigenvalue weighted by Gasteiger charge is 2.11. The first-order valence-electron chi connectivity index (χ1n) is 6.31. The van der Waals surface area contributed by atoms with Crippen molar-refractivity contribution in [2.24, 2.45) is 0 Å². The Morgan fingerprint density at radius 3 is 2.71 bits per heavy atom. The van der Waals surface area contributed by atoms with Gasteiger partial charge in [-0.15, -0.1) is 0 Å². The zero-order chi connectivity index (χ0) is 15.4. The van der Waals surface area contributed by atoms with Crippen molar-refractivity contribution in [2.75, 3.05) is 10.6 Å². The van der Waals surface area contributed by atoms with E-state index in [2.05, 4.69) is 20.6 Å². The van der Waals surface area contributed by atoms with Crippen molar-refractivity contribution in [1.82, 2.24) is 9.97 Å². The molecule has 1 aromatic carbocycles. The summed E-state index contributed by atoms with van der Waals surface area (Å²) in [5.41, 5.74) is 0.676. The van der Waals surface area contributed by atoms with Crippen molar-refractivity contribution in [2.45, 2.75) is 19.9 Å². The molecule has 110 valence electrons. The second kappa shape index (κ2) is 6.74. The zero-order valence-electron chi connectivity index (χ0n) is 11.5. The van der Waals surface area contributed by atoms with E-state index in [1.807, 2.05) is 13.8 Å². The minimum absolute atomic E-state index is 0.172. The van der Waals surface area contributed by atoms with Crippen molar-refractivity contribution in [3.63, 3.8) is 0 Å². The Balaban J connectivity index is 2.18.